The number of fused-ring (bicyclic) bond motifs is 6. The number of furan rings is 1. The van der Waals surface area contributed by atoms with Crippen LogP contribution in [-0.4, -0.2) is 24.5 Å². The molecule has 0 saturated heterocycles. The molecule has 0 atom stereocenters. The number of para-hydroxylation sites is 2. The molecule has 50 heavy (non-hydrogen) atoms. The van der Waals surface area contributed by atoms with E-state index >= 15 is 0 Å². The smallest absolute Gasteiger partial charge is 0.240 e. The molecule has 0 amide bonds. The summed E-state index contributed by atoms with van der Waals surface area (Å²) in [5.74, 6) is 1.63. The number of benzene rings is 6. The zero-order valence-electron chi connectivity index (χ0n) is 26.7. The van der Waals surface area contributed by atoms with Crippen molar-refractivity contribution in [3.8, 4) is 51.0 Å². The van der Waals surface area contributed by atoms with Crippen molar-refractivity contribution in [1.29, 1.82) is 0 Å². The minimum Gasteiger partial charge on any atom is -0.438 e. The molecule has 0 aliphatic heterocycles. The first-order chi connectivity index (χ1) is 24.8. The van der Waals surface area contributed by atoms with Gasteiger partial charge in [-0.1, -0.05) is 133 Å². The number of hydrogen-bond donors (Lipinski definition) is 0. The van der Waals surface area contributed by atoms with E-state index in [9.17, 15) is 0 Å². The highest BCUT2D eigenvalue weighted by Crippen LogP contribution is 2.37. The average Bonchev–Trinajstić information content (AvgIpc) is 3.72. The molecule has 0 N–H and O–H groups in total. The predicted octanol–water partition coefficient (Wildman–Crippen LogP) is 10.9. The first-order valence-corrected chi connectivity index (χ1v) is 16.6. The highest BCUT2D eigenvalue weighted by atomic mass is 16.3. The van der Waals surface area contributed by atoms with Crippen molar-refractivity contribution >= 4 is 44.0 Å². The van der Waals surface area contributed by atoms with Gasteiger partial charge in [0, 0.05) is 32.7 Å². The molecule has 0 aliphatic rings. The lowest BCUT2D eigenvalue weighted by molar-refractivity contribution is 0.655. The molecule has 0 unspecified atom stereocenters. The lowest BCUT2D eigenvalue weighted by Gasteiger charge is -2.12. The Balaban J connectivity index is 1.24. The molecule has 234 valence electrons. The van der Waals surface area contributed by atoms with E-state index in [2.05, 4.69) is 127 Å². The molecular weight excluding hydrogens is 615 g/mol. The van der Waals surface area contributed by atoms with Crippen LogP contribution in [0.5, 0.6) is 0 Å². The van der Waals surface area contributed by atoms with Gasteiger partial charge < -0.3 is 4.42 Å². The molecule has 0 radical (unpaired) electrons. The maximum absolute atomic E-state index is 6.27. The molecule has 0 aliphatic carbocycles. The molecule has 4 heterocycles. The number of pyridine rings is 1. The van der Waals surface area contributed by atoms with Gasteiger partial charge in [0.2, 0.25) is 11.7 Å². The van der Waals surface area contributed by atoms with Crippen LogP contribution in [0.4, 0.5) is 0 Å². The summed E-state index contributed by atoms with van der Waals surface area (Å²) >= 11 is 0. The van der Waals surface area contributed by atoms with E-state index in [4.69, 9.17) is 24.4 Å². The van der Waals surface area contributed by atoms with Crippen molar-refractivity contribution in [2.24, 2.45) is 0 Å². The lowest BCUT2D eigenvalue weighted by Crippen LogP contribution is -2.07. The third-order valence-electron chi connectivity index (χ3n) is 9.28. The van der Waals surface area contributed by atoms with E-state index in [0.29, 0.717) is 23.3 Å². The first kappa shape index (κ1) is 28.1. The zero-order valence-corrected chi connectivity index (χ0v) is 26.7. The van der Waals surface area contributed by atoms with Crippen LogP contribution in [0.3, 0.4) is 0 Å². The van der Waals surface area contributed by atoms with Gasteiger partial charge in [-0.3, -0.25) is 4.57 Å². The summed E-state index contributed by atoms with van der Waals surface area (Å²) in [6.07, 6.45) is 0. The van der Waals surface area contributed by atoms with Crippen molar-refractivity contribution in [3.05, 3.63) is 164 Å². The van der Waals surface area contributed by atoms with Crippen LogP contribution in [0.15, 0.2) is 168 Å². The molecule has 0 saturated carbocycles. The maximum atomic E-state index is 6.27. The molecule has 4 aromatic heterocycles. The van der Waals surface area contributed by atoms with Gasteiger partial charge in [0.15, 0.2) is 17.3 Å². The number of nitrogens with zero attached hydrogens (tertiary/aromatic N) is 5. The van der Waals surface area contributed by atoms with Gasteiger partial charge in [0.05, 0.1) is 5.52 Å². The van der Waals surface area contributed by atoms with Gasteiger partial charge in [-0.15, -0.1) is 0 Å². The third-order valence-corrected chi connectivity index (χ3v) is 9.28. The van der Waals surface area contributed by atoms with Gasteiger partial charge in [-0.25, -0.2) is 4.98 Å². The monoisotopic (exact) mass is 641 g/mol. The van der Waals surface area contributed by atoms with E-state index in [1.165, 1.54) is 0 Å². The third kappa shape index (κ3) is 4.65. The molecule has 6 nitrogen and oxygen atoms in total. The van der Waals surface area contributed by atoms with Crippen LogP contribution in [0.1, 0.15) is 0 Å². The fourth-order valence-corrected chi connectivity index (χ4v) is 6.88. The Labute approximate surface area is 287 Å². The Kier molecular flexibility index (Phi) is 6.39. The Morgan fingerprint density at radius 3 is 1.58 bits per heavy atom. The highest BCUT2D eigenvalue weighted by Gasteiger charge is 2.21. The molecule has 0 fully saturated rings. The van der Waals surface area contributed by atoms with Crippen molar-refractivity contribution in [3.63, 3.8) is 0 Å². The van der Waals surface area contributed by atoms with Gasteiger partial charge in [-0.05, 0) is 52.6 Å². The molecule has 10 rings (SSSR count). The molecule has 0 spiro atoms. The van der Waals surface area contributed by atoms with Crippen molar-refractivity contribution < 1.29 is 4.42 Å². The summed E-state index contributed by atoms with van der Waals surface area (Å²) in [7, 11) is 0. The van der Waals surface area contributed by atoms with Gasteiger partial charge in [0.25, 0.3) is 0 Å². The lowest BCUT2D eigenvalue weighted by atomic mass is 10.0. The standard InChI is InChI=1S/C44H27N5O/c1-3-13-28(14-4-1)30-17-11-19-32(25-30)40-45-41(33-20-12-18-31(26-33)29-15-5-2-6-16-29)47-44(46-40)49-38-23-9-7-21-34(38)36-27-37-35-22-8-10-24-39(35)50-43(37)48-42(36)49/h1-27H. The Bertz CT molecular complexity index is 2770. The van der Waals surface area contributed by atoms with Gasteiger partial charge in [-0.2, -0.15) is 15.0 Å². The van der Waals surface area contributed by atoms with Crippen LogP contribution < -0.4 is 0 Å². The Morgan fingerprint density at radius 2 is 0.920 bits per heavy atom. The van der Waals surface area contributed by atoms with Crippen LogP contribution >= 0.6 is 0 Å². The van der Waals surface area contributed by atoms with Crippen molar-refractivity contribution in [2.75, 3.05) is 0 Å². The summed E-state index contributed by atoms with van der Waals surface area (Å²) < 4.78 is 8.30. The minimum absolute atomic E-state index is 0.481. The second-order valence-electron chi connectivity index (χ2n) is 12.3. The summed E-state index contributed by atoms with van der Waals surface area (Å²) in [6.45, 7) is 0. The molecule has 10 aromatic rings. The highest BCUT2D eigenvalue weighted by molar-refractivity contribution is 6.14. The normalized spacial score (nSPS) is 11.6. The number of hydrogen-bond acceptors (Lipinski definition) is 5. The Hall–Kier alpha value is -6.92. The van der Waals surface area contributed by atoms with Crippen LogP contribution in [-0.2, 0) is 0 Å². The SMILES string of the molecule is c1ccc(-c2cccc(-c3nc(-c4cccc(-c5ccccc5)c4)nc(-n4c5ccccc5c5cc6c(nc54)oc4ccccc46)n3)c2)cc1. The van der Waals surface area contributed by atoms with E-state index in [1.54, 1.807) is 0 Å². The molecule has 6 aromatic carbocycles. The van der Waals surface area contributed by atoms with Gasteiger partial charge >= 0.3 is 0 Å². The minimum atomic E-state index is 0.481. The van der Waals surface area contributed by atoms with E-state index < -0.39 is 0 Å². The predicted molar refractivity (Wildman–Crippen MR) is 201 cm³/mol. The summed E-state index contributed by atoms with van der Waals surface area (Å²) in [6, 6.07) is 56.0. The topological polar surface area (TPSA) is 69.6 Å². The second-order valence-corrected chi connectivity index (χ2v) is 12.3. The van der Waals surface area contributed by atoms with Gasteiger partial charge in [0.1, 0.15) is 5.58 Å². The van der Waals surface area contributed by atoms with Crippen LogP contribution in [0, 0.1) is 0 Å². The average molecular weight is 642 g/mol. The second kappa shape index (κ2) is 11.4. The van der Waals surface area contributed by atoms with E-state index in [-0.39, 0.29) is 0 Å². The fraction of sp³-hybridized carbons (Fsp3) is 0. The fourth-order valence-electron chi connectivity index (χ4n) is 6.88. The van der Waals surface area contributed by atoms with Crippen molar-refractivity contribution in [1.82, 2.24) is 24.5 Å². The molecule has 0 bridgehead atoms. The quantitative estimate of drug-likeness (QED) is 0.187. The summed E-state index contributed by atoms with van der Waals surface area (Å²) in [5.41, 5.74) is 9.26. The number of rotatable bonds is 5. The molecular formula is C44H27N5O. The largest absolute Gasteiger partial charge is 0.438 e. The Morgan fingerprint density at radius 1 is 0.380 bits per heavy atom. The summed E-state index contributed by atoms with van der Waals surface area (Å²) in [4.78, 5) is 20.6. The molecule has 6 heteroatoms. The van der Waals surface area contributed by atoms with Crippen LogP contribution in [0.25, 0.3) is 95.0 Å². The first-order valence-electron chi connectivity index (χ1n) is 16.6. The van der Waals surface area contributed by atoms with E-state index in [0.717, 1.165) is 71.7 Å². The maximum Gasteiger partial charge on any atom is 0.240 e. The summed E-state index contributed by atoms with van der Waals surface area (Å²) in [5, 5.41) is 4.07. The zero-order chi connectivity index (χ0) is 33.0. The van der Waals surface area contributed by atoms with Crippen LogP contribution in [0.2, 0.25) is 0 Å². The number of aromatic nitrogens is 5. The van der Waals surface area contributed by atoms with E-state index in [1.807, 2.05) is 41.0 Å². The van der Waals surface area contributed by atoms with Crippen molar-refractivity contribution in [2.45, 2.75) is 0 Å².